The Hall–Kier alpha value is -4.49. The minimum Gasteiger partial charge on any atom is -0.496 e. The molecular formula is C40H55Cl3N8O5. The summed E-state index contributed by atoms with van der Waals surface area (Å²) < 4.78 is 11.8. The topological polar surface area (TPSA) is 127 Å². The Morgan fingerprint density at radius 1 is 0.929 bits per heavy atom. The second-order valence-corrected chi connectivity index (χ2v) is 13.8. The number of ether oxygens (including phenoxy) is 2. The molecule has 16 heteroatoms. The van der Waals surface area contributed by atoms with Crippen molar-refractivity contribution in [3.63, 3.8) is 0 Å². The minimum atomic E-state index is -0.388. The van der Waals surface area contributed by atoms with E-state index in [-0.39, 0.29) is 60.3 Å². The van der Waals surface area contributed by atoms with Crippen molar-refractivity contribution >= 4 is 83.3 Å². The van der Waals surface area contributed by atoms with Gasteiger partial charge >= 0.3 is 0 Å². The van der Waals surface area contributed by atoms with Gasteiger partial charge in [-0.05, 0) is 95.4 Å². The Morgan fingerprint density at radius 2 is 1.66 bits per heavy atom. The minimum absolute atomic E-state index is 0. The van der Waals surface area contributed by atoms with Crippen LogP contribution in [0.25, 0.3) is 11.0 Å². The normalized spacial score (nSPS) is 12.5. The predicted octanol–water partition coefficient (Wildman–Crippen LogP) is 6.18. The molecule has 0 bridgehead atoms. The summed E-state index contributed by atoms with van der Waals surface area (Å²) in [5, 5.41) is 2.98. The number of amides is 2. The molecule has 0 unspecified atom stereocenters. The first-order valence-electron chi connectivity index (χ1n) is 18.0. The van der Waals surface area contributed by atoms with Crippen molar-refractivity contribution in [2.75, 3.05) is 103 Å². The standard InChI is InChI=1S/C40H52N8O5.3ClH/c1-28-14-17-34(36(25-28)53-24-9-8-11-30(27-49)48-22-19-45(4)20-23-48)47(6)39(51)29-15-16-31(35(26-29)52-7)38(50)41-32-12-10-13-33-37(32)43-40(42-33)46(5)21-18-44(2)3;;;/h10,12-17,25-26H,8-9,11,18-24H2,1-7H3,(H,41,50)(H,42,43);3*1H. The number of unbranched alkanes of at least 4 members (excludes halogenated alkanes) is 1. The number of aromatic amines is 1. The highest BCUT2D eigenvalue weighted by atomic mass is 35.5. The number of carbonyl (C=O) groups excluding carboxylic acids is 3. The van der Waals surface area contributed by atoms with E-state index in [9.17, 15) is 14.4 Å². The van der Waals surface area contributed by atoms with Gasteiger partial charge in [-0.2, -0.15) is 0 Å². The lowest BCUT2D eigenvalue weighted by molar-refractivity contribution is 0.0987. The molecular weight excluding hydrogens is 779 g/mol. The number of nitrogens with zero attached hydrogens (tertiary/aromatic N) is 6. The zero-order valence-corrected chi connectivity index (χ0v) is 35.7. The number of allylic oxidation sites excluding steroid dienone is 1. The molecule has 1 aliphatic heterocycles. The molecule has 1 aromatic heterocycles. The van der Waals surface area contributed by atoms with Gasteiger partial charge in [-0.1, -0.05) is 12.1 Å². The number of H-pyrrole nitrogens is 1. The predicted molar refractivity (Wildman–Crippen MR) is 232 cm³/mol. The fraction of sp³-hybridized carbons (Fsp3) is 0.425. The van der Waals surface area contributed by atoms with Crippen molar-refractivity contribution in [2.45, 2.75) is 26.2 Å². The average molecular weight is 834 g/mol. The number of benzene rings is 3. The number of para-hydroxylation sites is 1. The van der Waals surface area contributed by atoms with Gasteiger partial charge in [-0.15, -0.1) is 37.2 Å². The lowest BCUT2D eigenvalue weighted by Gasteiger charge is -2.34. The number of rotatable bonds is 16. The van der Waals surface area contributed by atoms with Crippen LogP contribution >= 0.6 is 37.2 Å². The highest BCUT2D eigenvalue weighted by Crippen LogP contribution is 2.32. The number of hydrogen-bond donors (Lipinski definition) is 2. The van der Waals surface area contributed by atoms with Gasteiger partial charge in [0, 0.05) is 58.9 Å². The molecule has 2 heterocycles. The van der Waals surface area contributed by atoms with Gasteiger partial charge < -0.3 is 44.3 Å². The Labute approximate surface area is 348 Å². The SMILES string of the molecule is COc1cc(C(=O)N(C)c2ccc(C)cc2OCCCCC(=C=O)N2CCN(C)CC2)ccc1C(=O)Nc1cccc2[nH]c(N(C)CCN(C)C)nc12.Cl.Cl.Cl. The molecule has 0 saturated carbocycles. The quantitative estimate of drug-likeness (QED) is 0.0999. The summed E-state index contributed by atoms with van der Waals surface area (Å²) in [5.74, 6) is 3.04. The lowest BCUT2D eigenvalue weighted by Crippen LogP contribution is -2.44. The van der Waals surface area contributed by atoms with Crippen LogP contribution in [0, 0.1) is 6.92 Å². The monoisotopic (exact) mass is 832 g/mol. The fourth-order valence-electron chi connectivity index (χ4n) is 6.20. The number of carbonyl (C=O) groups is 2. The molecule has 56 heavy (non-hydrogen) atoms. The van der Waals surface area contributed by atoms with Crippen LogP contribution < -0.4 is 24.6 Å². The van der Waals surface area contributed by atoms with Crippen molar-refractivity contribution in [1.82, 2.24) is 24.7 Å². The molecule has 13 nitrogen and oxygen atoms in total. The lowest BCUT2D eigenvalue weighted by atomic mass is 10.1. The average Bonchev–Trinajstić information content (AvgIpc) is 3.61. The fourth-order valence-corrected chi connectivity index (χ4v) is 6.20. The number of methoxy groups -OCH3 is 1. The molecule has 1 fully saturated rings. The number of halogens is 3. The Balaban J connectivity index is 0.00000361. The molecule has 2 N–H and O–H groups in total. The maximum absolute atomic E-state index is 13.8. The smallest absolute Gasteiger partial charge is 0.259 e. The zero-order chi connectivity index (χ0) is 38.1. The summed E-state index contributed by atoms with van der Waals surface area (Å²) in [7, 11) is 11.3. The van der Waals surface area contributed by atoms with Crippen molar-refractivity contribution in [3.05, 3.63) is 77.0 Å². The molecule has 0 radical (unpaired) electrons. The summed E-state index contributed by atoms with van der Waals surface area (Å²) >= 11 is 0. The number of imidazole rings is 1. The molecule has 0 spiro atoms. The third kappa shape index (κ3) is 12.0. The van der Waals surface area contributed by atoms with E-state index in [0.717, 1.165) is 68.9 Å². The van der Waals surface area contributed by atoms with Crippen LogP contribution in [0.1, 0.15) is 45.5 Å². The largest absolute Gasteiger partial charge is 0.496 e. The van der Waals surface area contributed by atoms with Crippen LogP contribution in [0.4, 0.5) is 17.3 Å². The summed E-state index contributed by atoms with van der Waals surface area (Å²) in [5.41, 5.74) is 4.97. The third-order valence-electron chi connectivity index (χ3n) is 9.54. The number of hydrogen-bond acceptors (Lipinski definition) is 10. The highest BCUT2D eigenvalue weighted by molar-refractivity contribution is 6.11. The molecule has 2 amide bonds. The van der Waals surface area contributed by atoms with E-state index in [1.165, 1.54) is 12.0 Å². The first-order valence-corrected chi connectivity index (χ1v) is 18.0. The number of fused-ring (bicyclic) bond motifs is 1. The van der Waals surface area contributed by atoms with Crippen LogP contribution in [0.2, 0.25) is 0 Å². The van der Waals surface area contributed by atoms with Crippen LogP contribution in [-0.4, -0.2) is 131 Å². The van der Waals surface area contributed by atoms with Crippen LogP contribution in [0.15, 0.2) is 60.3 Å². The van der Waals surface area contributed by atoms with E-state index in [2.05, 4.69) is 38.0 Å². The Bertz CT molecular complexity index is 1960. The van der Waals surface area contributed by atoms with E-state index in [1.807, 2.05) is 63.3 Å². The molecule has 4 aromatic rings. The summed E-state index contributed by atoms with van der Waals surface area (Å²) in [6.45, 7) is 7.60. The highest BCUT2D eigenvalue weighted by Gasteiger charge is 2.22. The Kier molecular flexibility index (Phi) is 19.0. The van der Waals surface area contributed by atoms with E-state index >= 15 is 0 Å². The molecule has 0 atom stereocenters. The maximum atomic E-state index is 13.8. The van der Waals surface area contributed by atoms with Gasteiger partial charge in [-0.25, -0.2) is 9.78 Å². The second kappa shape index (κ2) is 22.3. The Morgan fingerprint density at radius 3 is 2.34 bits per heavy atom. The van der Waals surface area contributed by atoms with Crippen molar-refractivity contribution in [2.24, 2.45) is 0 Å². The van der Waals surface area contributed by atoms with Gasteiger partial charge in [0.1, 0.15) is 23.0 Å². The van der Waals surface area contributed by atoms with Gasteiger partial charge in [0.25, 0.3) is 11.8 Å². The summed E-state index contributed by atoms with van der Waals surface area (Å²) in [6, 6.07) is 16.1. The first kappa shape index (κ1) is 47.7. The van der Waals surface area contributed by atoms with E-state index in [1.54, 1.807) is 31.3 Å². The van der Waals surface area contributed by atoms with Gasteiger partial charge in [0.05, 0.1) is 41.9 Å². The molecule has 5 rings (SSSR count). The van der Waals surface area contributed by atoms with Crippen LogP contribution in [-0.2, 0) is 4.79 Å². The first-order chi connectivity index (χ1) is 25.5. The number of piperazine rings is 1. The zero-order valence-electron chi connectivity index (χ0n) is 33.2. The van der Waals surface area contributed by atoms with Crippen molar-refractivity contribution in [3.8, 4) is 11.5 Å². The molecule has 306 valence electrons. The third-order valence-corrected chi connectivity index (χ3v) is 9.54. The van der Waals surface area contributed by atoms with Crippen LogP contribution in [0.3, 0.4) is 0 Å². The number of nitrogens with one attached hydrogen (secondary N) is 2. The molecule has 1 aliphatic rings. The van der Waals surface area contributed by atoms with Crippen molar-refractivity contribution in [1.29, 1.82) is 0 Å². The van der Waals surface area contributed by atoms with Gasteiger partial charge in [0.2, 0.25) is 5.95 Å². The van der Waals surface area contributed by atoms with Gasteiger partial charge in [-0.3, -0.25) is 9.59 Å². The maximum Gasteiger partial charge on any atom is 0.259 e. The number of anilines is 3. The van der Waals surface area contributed by atoms with E-state index in [0.29, 0.717) is 47.2 Å². The summed E-state index contributed by atoms with van der Waals surface area (Å²) in [4.78, 5) is 57.2. The van der Waals surface area contributed by atoms with E-state index in [4.69, 9.17) is 14.5 Å². The molecule has 3 aromatic carbocycles. The molecule has 1 saturated heterocycles. The number of aromatic nitrogens is 2. The van der Waals surface area contributed by atoms with Gasteiger partial charge in [0.15, 0.2) is 0 Å². The number of aryl methyl sites for hydroxylation is 1. The van der Waals surface area contributed by atoms with Crippen LogP contribution in [0.5, 0.6) is 11.5 Å². The molecule has 0 aliphatic carbocycles. The number of likely N-dealkylation sites (N-methyl/N-ethyl adjacent to an activating group) is 3. The summed E-state index contributed by atoms with van der Waals surface area (Å²) in [6.07, 6.45) is 2.19. The van der Waals surface area contributed by atoms with E-state index < -0.39 is 0 Å². The van der Waals surface area contributed by atoms with Crippen molar-refractivity contribution < 1.29 is 23.9 Å². The second-order valence-electron chi connectivity index (χ2n) is 13.8.